The summed E-state index contributed by atoms with van der Waals surface area (Å²) in [5.41, 5.74) is 2.65. The molecule has 31 heavy (non-hydrogen) atoms. The molecule has 10 heteroatoms. The molecular weight excluding hydrogens is 463 g/mol. The van der Waals surface area contributed by atoms with Gasteiger partial charge in [0.1, 0.15) is 10.6 Å². The van der Waals surface area contributed by atoms with Crippen molar-refractivity contribution in [1.29, 1.82) is 0 Å². The summed E-state index contributed by atoms with van der Waals surface area (Å²) in [6, 6.07) is 18.5. The highest BCUT2D eigenvalue weighted by molar-refractivity contribution is 7.87. The van der Waals surface area contributed by atoms with Crippen LogP contribution in [0, 0.1) is 0 Å². The Kier molecular flexibility index (Phi) is 7.51. The second-order valence-corrected chi connectivity index (χ2v) is 8.48. The van der Waals surface area contributed by atoms with Gasteiger partial charge in [-0.2, -0.15) is 13.5 Å². The van der Waals surface area contributed by atoms with Crippen molar-refractivity contribution in [3.05, 3.63) is 88.4 Å². The van der Waals surface area contributed by atoms with E-state index in [0.29, 0.717) is 21.4 Å². The summed E-state index contributed by atoms with van der Waals surface area (Å²) < 4.78 is 35.5. The van der Waals surface area contributed by atoms with Crippen LogP contribution in [0.1, 0.15) is 5.56 Å². The van der Waals surface area contributed by atoms with E-state index in [0.717, 1.165) is 0 Å². The van der Waals surface area contributed by atoms with E-state index in [1.807, 2.05) is 0 Å². The smallest absolute Gasteiger partial charge is 0.339 e. The van der Waals surface area contributed by atoms with Crippen LogP contribution in [0.2, 0.25) is 10.0 Å². The zero-order valence-corrected chi connectivity index (χ0v) is 18.2. The van der Waals surface area contributed by atoms with Gasteiger partial charge in [0.05, 0.1) is 6.21 Å². The van der Waals surface area contributed by atoms with Gasteiger partial charge in [0.2, 0.25) is 0 Å². The third kappa shape index (κ3) is 6.71. The van der Waals surface area contributed by atoms with Gasteiger partial charge in [-0.25, -0.2) is 5.43 Å². The van der Waals surface area contributed by atoms with E-state index in [9.17, 15) is 13.2 Å². The number of hydrazone groups is 1. The number of carbonyl (C=O) groups excluding carboxylic acids is 1. The number of nitrogens with zero attached hydrogens (tertiary/aromatic N) is 1. The molecule has 0 unspecified atom stereocenters. The first-order chi connectivity index (χ1) is 14.8. The van der Waals surface area contributed by atoms with Crippen molar-refractivity contribution in [2.75, 3.05) is 6.61 Å². The molecule has 0 radical (unpaired) electrons. The molecule has 3 aromatic carbocycles. The van der Waals surface area contributed by atoms with Crippen LogP contribution < -0.4 is 14.3 Å². The summed E-state index contributed by atoms with van der Waals surface area (Å²) in [5, 5.41) is 4.79. The Bertz CT molecular complexity index is 1180. The molecule has 0 aliphatic carbocycles. The maximum absolute atomic E-state index is 12.5. The number of hydrogen-bond acceptors (Lipinski definition) is 6. The third-order valence-electron chi connectivity index (χ3n) is 3.80. The van der Waals surface area contributed by atoms with Crippen LogP contribution in [0.25, 0.3) is 0 Å². The average molecular weight is 479 g/mol. The summed E-state index contributed by atoms with van der Waals surface area (Å²) in [5.74, 6) is 0.0286. The van der Waals surface area contributed by atoms with Gasteiger partial charge in [-0.15, -0.1) is 0 Å². The molecule has 7 nitrogen and oxygen atoms in total. The molecule has 0 fully saturated rings. The van der Waals surface area contributed by atoms with Crippen LogP contribution in [0.3, 0.4) is 0 Å². The largest absolute Gasteiger partial charge is 0.484 e. The molecule has 1 N–H and O–H groups in total. The van der Waals surface area contributed by atoms with Gasteiger partial charge >= 0.3 is 10.1 Å². The number of nitrogens with one attached hydrogen (secondary N) is 1. The number of amides is 1. The first kappa shape index (κ1) is 22.6. The van der Waals surface area contributed by atoms with Gasteiger partial charge in [0, 0.05) is 15.6 Å². The highest BCUT2D eigenvalue weighted by atomic mass is 35.5. The average Bonchev–Trinajstić information content (AvgIpc) is 2.75. The molecule has 0 saturated carbocycles. The molecule has 3 aromatic rings. The van der Waals surface area contributed by atoms with Crippen molar-refractivity contribution in [2.24, 2.45) is 5.10 Å². The maximum Gasteiger partial charge on any atom is 0.339 e. The molecule has 3 rings (SSSR count). The van der Waals surface area contributed by atoms with Gasteiger partial charge in [-0.3, -0.25) is 4.79 Å². The lowest BCUT2D eigenvalue weighted by molar-refractivity contribution is -0.123. The Labute approximate surface area is 189 Å². The lowest BCUT2D eigenvalue weighted by Crippen LogP contribution is -2.24. The molecule has 0 atom stereocenters. The topological polar surface area (TPSA) is 94.1 Å². The molecule has 160 valence electrons. The van der Waals surface area contributed by atoms with Crippen LogP contribution in [0.4, 0.5) is 0 Å². The van der Waals surface area contributed by atoms with Gasteiger partial charge in [0.15, 0.2) is 12.4 Å². The Morgan fingerprint density at radius 1 is 0.935 bits per heavy atom. The zero-order chi connectivity index (χ0) is 22.3. The molecule has 0 bridgehead atoms. The standard InChI is InChI=1S/C21H16Cl2N2O5S/c22-16-5-9-18(10-6-16)29-14-21(26)25-24-13-15-3-1-2-4-20(15)30-31(27,28)19-11-7-17(23)8-12-19/h1-13H,14H2,(H,25,26)/b24-13-. The lowest BCUT2D eigenvalue weighted by atomic mass is 10.2. The maximum atomic E-state index is 12.5. The number of benzene rings is 3. The quantitative estimate of drug-likeness (QED) is 0.296. The molecule has 0 heterocycles. The Hall–Kier alpha value is -3.07. The van der Waals surface area contributed by atoms with Crippen LogP contribution >= 0.6 is 23.2 Å². The first-order valence-electron chi connectivity index (χ1n) is 8.83. The highest BCUT2D eigenvalue weighted by Gasteiger charge is 2.18. The number of carbonyl (C=O) groups is 1. The summed E-state index contributed by atoms with van der Waals surface area (Å²) in [6.07, 6.45) is 1.27. The molecule has 0 saturated heterocycles. The fourth-order valence-electron chi connectivity index (χ4n) is 2.32. The van der Waals surface area contributed by atoms with E-state index in [2.05, 4.69) is 10.5 Å². The van der Waals surface area contributed by atoms with Crippen LogP contribution in [0.15, 0.2) is 82.8 Å². The van der Waals surface area contributed by atoms with Crippen LogP contribution in [0.5, 0.6) is 11.5 Å². The Morgan fingerprint density at radius 2 is 1.55 bits per heavy atom. The van der Waals surface area contributed by atoms with E-state index >= 15 is 0 Å². The van der Waals surface area contributed by atoms with E-state index in [1.54, 1.807) is 42.5 Å². The summed E-state index contributed by atoms with van der Waals surface area (Å²) >= 11 is 11.6. The minimum Gasteiger partial charge on any atom is -0.484 e. The van der Waals surface area contributed by atoms with Crippen molar-refractivity contribution in [3.63, 3.8) is 0 Å². The van der Waals surface area contributed by atoms with Crippen molar-refractivity contribution in [2.45, 2.75) is 4.90 Å². The van der Waals surface area contributed by atoms with E-state index in [1.165, 1.54) is 36.5 Å². The van der Waals surface area contributed by atoms with Crippen molar-refractivity contribution in [1.82, 2.24) is 5.43 Å². The van der Waals surface area contributed by atoms with Crippen molar-refractivity contribution >= 4 is 45.4 Å². The summed E-state index contributed by atoms with van der Waals surface area (Å²) in [7, 11) is -4.07. The number of para-hydroxylation sites is 1. The molecule has 0 aliphatic heterocycles. The molecule has 0 aromatic heterocycles. The molecule has 0 aliphatic rings. The zero-order valence-electron chi connectivity index (χ0n) is 15.9. The second kappa shape index (κ2) is 10.3. The van der Waals surface area contributed by atoms with E-state index < -0.39 is 16.0 Å². The molecular formula is C21H16Cl2N2O5S. The Morgan fingerprint density at radius 3 is 2.23 bits per heavy atom. The molecule has 0 spiro atoms. The third-order valence-corrected chi connectivity index (χ3v) is 5.55. The van der Waals surface area contributed by atoms with Gasteiger partial charge in [-0.05, 0) is 60.7 Å². The number of halogens is 2. The molecule has 1 amide bonds. The van der Waals surface area contributed by atoms with E-state index in [-0.39, 0.29) is 17.3 Å². The Balaban J connectivity index is 1.62. The number of hydrogen-bond donors (Lipinski definition) is 1. The first-order valence-corrected chi connectivity index (χ1v) is 11.0. The normalized spacial score (nSPS) is 11.3. The van der Waals surface area contributed by atoms with Crippen molar-refractivity contribution < 1.29 is 22.1 Å². The minimum atomic E-state index is -4.07. The second-order valence-electron chi connectivity index (χ2n) is 6.06. The number of ether oxygens (including phenoxy) is 1. The predicted octanol–water partition coefficient (Wildman–Crippen LogP) is 4.29. The van der Waals surface area contributed by atoms with E-state index in [4.69, 9.17) is 32.1 Å². The highest BCUT2D eigenvalue weighted by Crippen LogP contribution is 2.23. The fraction of sp³-hybridized carbons (Fsp3) is 0.0476. The van der Waals surface area contributed by atoms with Crippen molar-refractivity contribution in [3.8, 4) is 11.5 Å². The monoisotopic (exact) mass is 478 g/mol. The SMILES string of the molecule is O=C(COc1ccc(Cl)cc1)N/N=C\c1ccccc1OS(=O)(=O)c1ccc(Cl)cc1. The summed E-state index contributed by atoms with van der Waals surface area (Å²) in [6.45, 7) is -0.262. The summed E-state index contributed by atoms with van der Waals surface area (Å²) in [4.78, 5) is 11.8. The predicted molar refractivity (Wildman–Crippen MR) is 118 cm³/mol. The van der Waals surface area contributed by atoms with Gasteiger partial charge < -0.3 is 8.92 Å². The number of rotatable bonds is 8. The van der Waals surface area contributed by atoms with Crippen LogP contribution in [-0.4, -0.2) is 27.1 Å². The minimum absolute atomic E-state index is 0.0451. The van der Waals surface area contributed by atoms with Crippen LogP contribution in [-0.2, 0) is 14.9 Å². The lowest BCUT2D eigenvalue weighted by Gasteiger charge is -2.09. The van der Waals surface area contributed by atoms with Gasteiger partial charge in [-0.1, -0.05) is 35.3 Å². The fourth-order valence-corrected chi connectivity index (χ4v) is 3.52. The van der Waals surface area contributed by atoms with Gasteiger partial charge in [0.25, 0.3) is 5.91 Å².